The number of carbonyl (C=O) groups excluding carboxylic acids is 2. The fourth-order valence-electron chi connectivity index (χ4n) is 2.49. The molecule has 0 saturated heterocycles. The number of hydrogen-bond acceptors (Lipinski definition) is 2. The van der Waals surface area contributed by atoms with E-state index >= 15 is 0 Å². The fraction of sp³-hybridized carbons (Fsp3) is 0.300. The highest BCUT2D eigenvalue weighted by molar-refractivity contribution is 6.08. The highest BCUT2D eigenvalue weighted by atomic mass is 16.2. The van der Waals surface area contributed by atoms with Gasteiger partial charge in [-0.05, 0) is 35.6 Å². The number of amides is 2. The van der Waals surface area contributed by atoms with Crippen LogP contribution in [-0.4, -0.2) is 11.8 Å². The highest BCUT2D eigenvalue weighted by Crippen LogP contribution is 2.29. The molecule has 2 rings (SSSR count). The number of rotatable bonds is 4. The Bertz CT molecular complexity index is 745. The van der Waals surface area contributed by atoms with E-state index in [0.717, 1.165) is 22.5 Å². The molecule has 126 valence electrons. The monoisotopic (exact) mass is 324 g/mol. The number of hydrogen-bond donors (Lipinski definition) is 2. The molecule has 0 saturated carbocycles. The summed E-state index contributed by atoms with van der Waals surface area (Å²) in [6, 6.07) is 15.2. The van der Waals surface area contributed by atoms with Gasteiger partial charge in [-0.15, -0.1) is 0 Å². The molecule has 0 fully saturated rings. The Kier molecular flexibility index (Phi) is 5.39. The number of para-hydroxylation sites is 2. The lowest BCUT2D eigenvalue weighted by Gasteiger charge is -2.23. The molecule has 2 amide bonds. The second-order valence-corrected chi connectivity index (χ2v) is 6.88. The van der Waals surface area contributed by atoms with Gasteiger partial charge in [0, 0.05) is 11.4 Å². The summed E-state index contributed by atoms with van der Waals surface area (Å²) in [5, 5.41) is 5.62. The maximum atomic E-state index is 12.2. The summed E-state index contributed by atoms with van der Waals surface area (Å²) in [5.41, 5.74) is 3.39. The van der Waals surface area contributed by atoms with Gasteiger partial charge in [0.15, 0.2) is 0 Å². The summed E-state index contributed by atoms with van der Waals surface area (Å²) in [4.78, 5) is 24.3. The Balaban J connectivity index is 2.02. The molecular weight excluding hydrogens is 300 g/mol. The Labute approximate surface area is 143 Å². The maximum Gasteiger partial charge on any atom is 0.233 e. The lowest BCUT2D eigenvalue weighted by molar-refractivity contribution is -0.123. The Hall–Kier alpha value is -2.62. The fourth-order valence-corrected chi connectivity index (χ4v) is 2.49. The second kappa shape index (κ2) is 7.30. The zero-order chi connectivity index (χ0) is 17.7. The minimum absolute atomic E-state index is 0.0900. The van der Waals surface area contributed by atoms with E-state index in [-0.39, 0.29) is 23.7 Å². The predicted molar refractivity (Wildman–Crippen MR) is 98.2 cm³/mol. The third-order valence-electron chi connectivity index (χ3n) is 3.75. The van der Waals surface area contributed by atoms with E-state index in [9.17, 15) is 9.59 Å². The van der Waals surface area contributed by atoms with E-state index in [1.165, 1.54) is 0 Å². The molecule has 4 nitrogen and oxygen atoms in total. The molecule has 2 aromatic carbocycles. The van der Waals surface area contributed by atoms with Crippen LogP contribution in [0, 0.1) is 6.92 Å². The van der Waals surface area contributed by atoms with Gasteiger partial charge in [-0.1, -0.05) is 57.2 Å². The molecule has 0 atom stereocenters. The van der Waals surface area contributed by atoms with Gasteiger partial charge in [-0.3, -0.25) is 9.59 Å². The largest absolute Gasteiger partial charge is 0.325 e. The van der Waals surface area contributed by atoms with Gasteiger partial charge >= 0.3 is 0 Å². The van der Waals surface area contributed by atoms with Crippen LogP contribution in [0.1, 0.15) is 38.3 Å². The van der Waals surface area contributed by atoms with Crippen molar-refractivity contribution in [2.75, 3.05) is 10.6 Å². The normalized spacial score (nSPS) is 11.0. The number of aryl methyl sites for hydroxylation is 1. The summed E-state index contributed by atoms with van der Waals surface area (Å²) in [5.74, 6) is -0.646. The van der Waals surface area contributed by atoms with Crippen molar-refractivity contribution in [3.8, 4) is 0 Å². The molecule has 0 bridgehead atoms. The summed E-state index contributed by atoms with van der Waals surface area (Å²) >= 11 is 0. The first-order valence-corrected chi connectivity index (χ1v) is 8.02. The molecule has 0 spiro atoms. The first kappa shape index (κ1) is 17.7. The second-order valence-electron chi connectivity index (χ2n) is 6.88. The van der Waals surface area contributed by atoms with Crippen molar-refractivity contribution in [3.63, 3.8) is 0 Å². The van der Waals surface area contributed by atoms with E-state index < -0.39 is 0 Å². The summed E-state index contributed by atoms with van der Waals surface area (Å²) in [7, 11) is 0. The smallest absolute Gasteiger partial charge is 0.233 e. The quantitative estimate of drug-likeness (QED) is 0.826. The van der Waals surface area contributed by atoms with Gasteiger partial charge in [0.1, 0.15) is 6.42 Å². The number of carbonyl (C=O) groups is 2. The summed E-state index contributed by atoms with van der Waals surface area (Å²) in [6.45, 7) is 8.17. The van der Waals surface area contributed by atoms with Crippen molar-refractivity contribution >= 4 is 23.2 Å². The SMILES string of the molecule is Cc1ccccc1NC(=O)CC(=O)Nc1ccccc1C(C)(C)C. The van der Waals surface area contributed by atoms with E-state index in [1.807, 2.05) is 55.5 Å². The van der Waals surface area contributed by atoms with Gasteiger partial charge in [-0.2, -0.15) is 0 Å². The molecule has 0 radical (unpaired) electrons. The third-order valence-corrected chi connectivity index (χ3v) is 3.75. The molecule has 0 aliphatic heterocycles. The van der Waals surface area contributed by atoms with E-state index in [1.54, 1.807) is 0 Å². The van der Waals surface area contributed by atoms with Crippen molar-refractivity contribution in [1.29, 1.82) is 0 Å². The van der Waals surface area contributed by atoms with Gasteiger partial charge in [-0.25, -0.2) is 0 Å². The van der Waals surface area contributed by atoms with Gasteiger partial charge < -0.3 is 10.6 Å². The van der Waals surface area contributed by atoms with Crippen LogP contribution in [0.4, 0.5) is 11.4 Å². The molecule has 4 heteroatoms. The van der Waals surface area contributed by atoms with E-state index in [0.29, 0.717) is 0 Å². The third kappa shape index (κ3) is 4.69. The molecule has 2 N–H and O–H groups in total. The zero-order valence-corrected chi connectivity index (χ0v) is 14.6. The maximum absolute atomic E-state index is 12.2. The van der Waals surface area contributed by atoms with Gasteiger partial charge in [0.25, 0.3) is 0 Å². The van der Waals surface area contributed by atoms with Crippen LogP contribution in [0.3, 0.4) is 0 Å². The van der Waals surface area contributed by atoms with Crippen LogP contribution < -0.4 is 10.6 Å². The first-order chi connectivity index (χ1) is 11.3. The van der Waals surface area contributed by atoms with Crippen LogP contribution >= 0.6 is 0 Å². The Morgan fingerprint density at radius 3 is 1.92 bits per heavy atom. The average molecular weight is 324 g/mol. The van der Waals surface area contributed by atoms with Crippen molar-refractivity contribution in [2.45, 2.75) is 39.5 Å². The Morgan fingerprint density at radius 1 is 0.833 bits per heavy atom. The number of anilines is 2. The minimum Gasteiger partial charge on any atom is -0.325 e. The predicted octanol–water partition coefficient (Wildman–Crippen LogP) is 4.26. The average Bonchev–Trinajstić information content (AvgIpc) is 2.49. The summed E-state index contributed by atoms with van der Waals surface area (Å²) < 4.78 is 0. The lowest BCUT2D eigenvalue weighted by Crippen LogP contribution is -2.23. The molecule has 0 aromatic heterocycles. The van der Waals surface area contributed by atoms with Crippen LogP contribution in [-0.2, 0) is 15.0 Å². The van der Waals surface area contributed by atoms with Crippen LogP contribution in [0.15, 0.2) is 48.5 Å². The summed E-state index contributed by atoms with van der Waals surface area (Å²) in [6.07, 6.45) is -0.215. The molecular formula is C20H24N2O2. The van der Waals surface area contributed by atoms with E-state index in [4.69, 9.17) is 0 Å². The standard InChI is InChI=1S/C20H24N2O2/c1-14-9-5-7-11-16(14)21-18(23)13-19(24)22-17-12-8-6-10-15(17)20(2,3)4/h5-12H,13H2,1-4H3,(H,21,23)(H,22,24). The number of nitrogens with one attached hydrogen (secondary N) is 2. The lowest BCUT2D eigenvalue weighted by atomic mass is 9.86. The van der Waals surface area contributed by atoms with Crippen molar-refractivity contribution in [1.82, 2.24) is 0 Å². The molecule has 0 heterocycles. The topological polar surface area (TPSA) is 58.2 Å². The minimum atomic E-state index is -0.324. The molecule has 24 heavy (non-hydrogen) atoms. The Morgan fingerprint density at radius 2 is 1.33 bits per heavy atom. The number of benzene rings is 2. The van der Waals surface area contributed by atoms with Crippen LogP contribution in [0.5, 0.6) is 0 Å². The molecule has 0 aliphatic rings. The van der Waals surface area contributed by atoms with Crippen LogP contribution in [0.2, 0.25) is 0 Å². The van der Waals surface area contributed by atoms with Gasteiger partial charge in [0.05, 0.1) is 0 Å². The molecule has 0 unspecified atom stereocenters. The van der Waals surface area contributed by atoms with Crippen molar-refractivity contribution in [3.05, 3.63) is 59.7 Å². The molecule has 0 aliphatic carbocycles. The van der Waals surface area contributed by atoms with Crippen LogP contribution in [0.25, 0.3) is 0 Å². The highest BCUT2D eigenvalue weighted by Gasteiger charge is 2.19. The van der Waals surface area contributed by atoms with Gasteiger partial charge in [0.2, 0.25) is 11.8 Å². The van der Waals surface area contributed by atoms with Crippen molar-refractivity contribution in [2.24, 2.45) is 0 Å². The van der Waals surface area contributed by atoms with Crippen molar-refractivity contribution < 1.29 is 9.59 Å². The first-order valence-electron chi connectivity index (χ1n) is 8.02. The van der Waals surface area contributed by atoms with E-state index in [2.05, 4.69) is 31.4 Å². The molecule has 2 aromatic rings. The zero-order valence-electron chi connectivity index (χ0n) is 14.6.